The van der Waals surface area contributed by atoms with Crippen LogP contribution in [0.3, 0.4) is 0 Å². The number of piperidine rings is 1. The highest BCUT2D eigenvalue weighted by atomic mass is 35.5. The standard InChI is InChI=1S/C17H23ClN2O3.C10H9FN4O.C2H6/c1-19-14-10-13(2-3-15(14)23-9-4-16(19)22)20-7-5-17(11-18,12-21)6-8-20;11-8-3-1-7(2-4-8)5-15-6-13-10(14-15)9(12)16;1-2/h2-3,10,21H,4-9,11-12H2,1H3;1-4,6H,5H2,(H2,12,16);1-2H3. The molecule has 0 aliphatic carbocycles. The van der Waals surface area contributed by atoms with Crippen molar-refractivity contribution in [1.29, 1.82) is 0 Å². The number of hydrogen-bond donors (Lipinski definition) is 2. The Balaban J connectivity index is 0.000000225. The van der Waals surface area contributed by atoms with Crippen LogP contribution in [0.5, 0.6) is 5.75 Å². The van der Waals surface area contributed by atoms with Crippen molar-refractivity contribution in [2.45, 2.75) is 39.7 Å². The van der Waals surface area contributed by atoms with Crippen molar-refractivity contribution in [2.24, 2.45) is 11.1 Å². The quantitative estimate of drug-likeness (QED) is 0.419. The number of amides is 2. The van der Waals surface area contributed by atoms with Gasteiger partial charge in [0.15, 0.2) is 0 Å². The largest absolute Gasteiger partial charge is 0.491 e. The summed E-state index contributed by atoms with van der Waals surface area (Å²) in [5.41, 5.74) is 7.62. The molecule has 5 rings (SSSR count). The Morgan fingerprint density at radius 2 is 1.85 bits per heavy atom. The van der Waals surface area contributed by atoms with Crippen molar-refractivity contribution in [3.05, 3.63) is 66.0 Å². The minimum absolute atomic E-state index is 0.0258. The number of primary amides is 1. The average molecular weight is 589 g/mol. The van der Waals surface area contributed by atoms with E-state index in [0.29, 0.717) is 25.5 Å². The lowest BCUT2D eigenvalue weighted by Gasteiger charge is -2.40. The lowest BCUT2D eigenvalue weighted by molar-refractivity contribution is -0.118. The number of halogens is 2. The molecule has 2 amide bonds. The summed E-state index contributed by atoms with van der Waals surface area (Å²) in [6, 6.07) is 12.0. The molecule has 1 fully saturated rings. The molecule has 1 aromatic heterocycles. The predicted molar refractivity (Wildman–Crippen MR) is 157 cm³/mol. The summed E-state index contributed by atoms with van der Waals surface area (Å²) in [5, 5.41) is 13.5. The van der Waals surface area contributed by atoms with Crippen molar-refractivity contribution in [3.8, 4) is 5.75 Å². The number of carbonyl (C=O) groups excluding carboxylic acids is 2. The van der Waals surface area contributed by atoms with Crippen LogP contribution in [0.15, 0.2) is 48.8 Å². The third-order valence-corrected chi connectivity index (χ3v) is 7.64. The molecule has 3 aromatic rings. The number of hydrogen-bond acceptors (Lipinski definition) is 7. The van der Waals surface area contributed by atoms with E-state index in [2.05, 4.69) is 15.0 Å². The first-order valence-electron chi connectivity index (χ1n) is 13.6. The second-order valence-corrected chi connectivity index (χ2v) is 10.0. The van der Waals surface area contributed by atoms with Gasteiger partial charge in [-0.1, -0.05) is 26.0 Å². The monoisotopic (exact) mass is 588 g/mol. The molecule has 41 heavy (non-hydrogen) atoms. The van der Waals surface area contributed by atoms with Gasteiger partial charge < -0.3 is 25.4 Å². The van der Waals surface area contributed by atoms with E-state index >= 15 is 0 Å². The highest BCUT2D eigenvalue weighted by molar-refractivity contribution is 6.18. The first-order valence-corrected chi connectivity index (χ1v) is 14.2. The smallest absolute Gasteiger partial charge is 0.288 e. The Kier molecular flexibility index (Phi) is 11.5. The maximum absolute atomic E-state index is 12.6. The second-order valence-electron chi connectivity index (χ2n) is 9.74. The Morgan fingerprint density at radius 1 is 1.17 bits per heavy atom. The highest BCUT2D eigenvalue weighted by Gasteiger charge is 2.33. The number of aliphatic hydroxyl groups excluding tert-OH is 1. The van der Waals surface area contributed by atoms with Gasteiger partial charge in [0.1, 0.15) is 17.9 Å². The molecule has 2 aliphatic rings. The van der Waals surface area contributed by atoms with Gasteiger partial charge in [0.05, 0.1) is 25.3 Å². The number of alkyl halides is 1. The zero-order valence-electron chi connectivity index (χ0n) is 23.7. The number of nitrogens with two attached hydrogens (primary N) is 1. The fourth-order valence-corrected chi connectivity index (χ4v) is 4.82. The zero-order valence-corrected chi connectivity index (χ0v) is 24.5. The lowest BCUT2D eigenvalue weighted by atomic mass is 9.81. The first-order chi connectivity index (χ1) is 19.7. The molecule has 10 nitrogen and oxygen atoms in total. The van der Waals surface area contributed by atoms with Crippen LogP contribution < -0.4 is 20.3 Å². The van der Waals surface area contributed by atoms with Gasteiger partial charge in [0, 0.05) is 43.7 Å². The van der Waals surface area contributed by atoms with Crippen molar-refractivity contribution in [2.75, 3.05) is 49.0 Å². The molecule has 0 bridgehead atoms. The number of aliphatic hydroxyl groups is 1. The van der Waals surface area contributed by atoms with Gasteiger partial charge >= 0.3 is 0 Å². The van der Waals surface area contributed by atoms with E-state index in [1.54, 1.807) is 24.1 Å². The Labute approximate surface area is 244 Å². The summed E-state index contributed by atoms with van der Waals surface area (Å²) < 4.78 is 19.8. The van der Waals surface area contributed by atoms with Gasteiger partial charge in [-0.3, -0.25) is 9.59 Å². The number of fused-ring (bicyclic) bond motifs is 1. The molecule has 0 unspecified atom stereocenters. The maximum atomic E-state index is 12.6. The summed E-state index contributed by atoms with van der Waals surface area (Å²) in [5.74, 6) is 0.331. The minimum Gasteiger partial charge on any atom is -0.491 e. The molecule has 12 heteroatoms. The van der Waals surface area contributed by atoms with Gasteiger partial charge in [-0.25, -0.2) is 14.1 Å². The summed E-state index contributed by atoms with van der Waals surface area (Å²) in [6.45, 7) is 6.68. The van der Waals surface area contributed by atoms with Crippen molar-refractivity contribution >= 4 is 34.8 Å². The van der Waals surface area contributed by atoms with Crippen molar-refractivity contribution in [1.82, 2.24) is 14.8 Å². The van der Waals surface area contributed by atoms with Crippen LogP contribution in [-0.2, 0) is 11.3 Å². The van der Waals surface area contributed by atoms with E-state index in [1.165, 1.54) is 23.1 Å². The van der Waals surface area contributed by atoms with E-state index in [0.717, 1.165) is 48.6 Å². The molecule has 0 radical (unpaired) electrons. The molecule has 0 spiro atoms. The Bertz CT molecular complexity index is 1290. The van der Waals surface area contributed by atoms with E-state index in [-0.39, 0.29) is 29.6 Å². The summed E-state index contributed by atoms with van der Waals surface area (Å²) in [7, 11) is 1.79. The van der Waals surface area contributed by atoms with Crippen LogP contribution in [0.1, 0.15) is 49.3 Å². The van der Waals surface area contributed by atoms with Gasteiger partial charge in [0.25, 0.3) is 5.91 Å². The van der Waals surface area contributed by atoms with Crippen LogP contribution in [0, 0.1) is 11.2 Å². The molecular formula is C29H38ClFN6O4. The van der Waals surface area contributed by atoms with Crippen LogP contribution in [-0.4, -0.2) is 70.9 Å². The maximum Gasteiger partial charge on any atom is 0.288 e. The third kappa shape index (κ3) is 8.17. The number of aromatic nitrogens is 3. The van der Waals surface area contributed by atoms with Crippen molar-refractivity contribution in [3.63, 3.8) is 0 Å². The minimum atomic E-state index is -0.669. The normalized spacial score (nSPS) is 15.8. The fourth-order valence-electron chi connectivity index (χ4n) is 4.47. The molecule has 1 saturated heterocycles. The Morgan fingerprint density at radius 3 is 2.44 bits per heavy atom. The van der Waals surface area contributed by atoms with Gasteiger partial charge in [-0.15, -0.1) is 16.7 Å². The number of rotatable bonds is 6. The number of carbonyl (C=O) groups is 2. The lowest BCUT2D eigenvalue weighted by Crippen LogP contribution is -2.43. The van der Waals surface area contributed by atoms with Crippen LogP contribution in [0.25, 0.3) is 0 Å². The molecular weight excluding hydrogens is 551 g/mol. The summed E-state index contributed by atoms with van der Waals surface area (Å²) in [4.78, 5) is 30.5. The number of anilines is 2. The third-order valence-electron chi connectivity index (χ3n) is 7.07. The van der Waals surface area contributed by atoms with Crippen LogP contribution in [0.2, 0.25) is 0 Å². The molecule has 0 saturated carbocycles. The second kappa shape index (κ2) is 14.8. The van der Waals surface area contributed by atoms with Crippen LogP contribution >= 0.6 is 11.6 Å². The first kappa shape index (κ1) is 31.8. The summed E-state index contributed by atoms with van der Waals surface area (Å²) in [6.07, 6.45) is 3.55. The summed E-state index contributed by atoms with van der Waals surface area (Å²) >= 11 is 6.04. The predicted octanol–water partition coefficient (Wildman–Crippen LogP) is 3.84. The molecule has 2 aromatic carbocycles. The highest BCUT2D eigenvalue weighted by Crippen LogP contribution is 2.38. The number of ether oxygens (including phenoxy) is 1. The SMILES string of the molecule is CC.CN1C(=O)CCOc2ccc(N3CCC(CO)(CCl)CC3)cc21.NC(=O)c1ncn(Cc2ccc(F)cc2)n1. The zero-order chi connectivity index (χ0) is 30.0. The molecule has 3 heterocycles. The van der Waals surface area contributed by atoms with E-state index < -0.39 is 5.91 Å². The van der Waals surface area contributed by atoms with Crippen LogP contribution in [0.4, 0.5) is 15.8 Å². The van der Waals surface area contributed by atoms with Gasteiger partial charge in [0.2, 0.25) is 11.7 Å². The molecule has 222 valence electrons. The number of benzene rings is 2. The average Bonchev–Trinajstić information content (AvgIpc) is 3.43. The molecule has 0 atom stereocenters. The molecule has 2 aliphatic heterocycles. The topological polar surface area (TPSA) is 127 Å². The van der Waals surface area contributed by atoms with Gasteiger partial charge in [-0.2, -0.15) is 0 Å². The number of nitrogens with zero attached hydrogens (tertiary/aromatic N) is 5. The van der Waals surface area contributed by atoms with E-state index in [9.17, 15) is 19.1 Å². The van der Waals surface area contributed by atoms with E-state index in [1.807, 2.05) is 32.0 Å². The van der Waals surface area contributed by atoms with Crippen molar-refractivity contribution < 1.29 is 23.8 Å². The Hall–Kier alpha value is -3.70. The molecule has 3 N–H and O–H groups in total. The van der Waals surface area contributed by atoms with Gasteiger partial charge in [-0.05, 0) is 48.7 Å². The van der Waals surface area contributed by atoms with E-state index in [4.69, 9.17) is 22.1 Å². The fraction of sp³-hybridized carbons (Fsp3) is 0.448.